The Hall–Kier alpha value is -2.37. The van der Waals surface area contributed by atoms with E-state index in [1.54, 1.807) is 31.2 Å². The zero-order valence-corrected chi connectivity index (χ0v) is 14.5. The van der Waals surface area contributed by atoms with Gasteiger partial charge in [-0.1, -0.05) is 32.0 Å². The van der Waals surface area contributed by atoms with Crippen LogP contribution >= 0.6 is 0 Å². The maximum Gasteiger partial charge on any atom is 0.305 e. The number of nitrogens with one attached hydrogen (secondary N) is 2. The van der Waals surface area contributed by atoms with E-state index < -0.39 is 11.5 Å². The Morgan fingerprint density at radius 1 is 1.17 bits per heavy atom. The first-order valence-electron chi connectivity index (χ1n) is 8.10. The highest BCUT2D eigenvalue weighted by molar-refractivity contribution is 5.94. The van der Waals surface area contributed by atoms with E-state index in [2.05, 4.69) is 10.6 Å². The monoisotopic (exact) mass is 334 g/mol. The highest BCUT2D eigenvalue weighted by Crippen LogP contribution is 2.21. The zero-order chi connectivity index (χ0) is 18.2. The molecule has 1 aromatic carbocycles. The normalized spacial score (nSPS) is 13.2. The van der Waals surface area contributed by atoms with Crippen molar-refractivity contribution >= 4 is 17.8 Å². The smallest absolute Gasteiger partial charge is 0.305 e. The van der Waals surface area contributed by atoms with Gasteiger partial charge in [0.15, 0.2) is 0 Å². The van der Waals surface area contributed by atoms with E-state index in [-0.39, 0.29) is 30.6 Å². The molecular weight excluding hydrogens is 308 g/mol. The van der Waals surface area contributed by atoms with Gasteiger partial charge in [-0.05, 0) is 31.4 Å². The molecule has 0 saturated heterocycles. The van der Waals surface area contributed by atoms with Crippen LogP contribution in [0.5, 0.6) is 0 Å². The maximum absolute atomic E-state index is 12.0. The number of benzene rings is 1. The number of aliphatic carboxylic acids is 1. The first kappa shape index (κ1) is 19.7. The quantitative estimate of drug-likeness (QED) is 0.603. The van der Waals surface area contributed by atoms with Crippen LogP contribution in [-0.2, 0) is 9.59 Å². The van der Waals surface area contributed by atoms with E-state index in [1.165, 1.54) is 0 Å². The second-order valence-electron chi connectivity index (χ2n) is 6.42. The average molecular weight is 334 g/mol. The van der Waals surface area contributed by atoms with E-state index in [0.717, 1.165) is 0 Å². The molecule has 2 amide bonds. The fourth-order valence-corrected chi connectivity index (χ4v) is 2.23. The number of carboxylic acids is 1. The molecule has 3 N–H and O–H groups in total. The lowest BCUT2D eigenvalue weighted by Gasteiger charge is -2.33. The predicted octanol–water partition coefficient (Wildman–Crippen LogP) is 2.20. The van der Waals surface area contributed by atoms with E-state index in [4.69, 9.17) is 5.11 Å². The van der Waals surface area contributed by atoms with Crippen molar-refractivity contribution in [2.24, 2.45) is 5.92 Å². The second kappa shape index (κ2) is 9.05. The van der Waals surface area contributed by atoms with Gasteiger partial charge in [0, 0.05) is 24.1 Å². The Balaban J connectivity index is 2.38. The Morgan fingerprint density at radius 3 is 2.33 bits per heavy atom. The molecule has 1 aromatic rings. The van der Waals surface area contributed by atoms with Crippen LogP contribution in [0.15, 0.2) is 30.3 Å². The van der Waals surface area contributed by atoms with Crippen molar-refractivity contribution < 1.29 is 19.5 Å². The molecule has 0 saturated carbocycles. The summed E-state index contributed by atoms with van der Waals surface area (Å²) in [5.41, 5.74) is -0.202. The van der Waals surface area contributed by atoms with Crippen LogP contribution < -0.4 is 10.6 Å². The molecule has 6 nitrogen and oxygen atoms in total. The molecule has 0 heterocycles. The standard InChI is InChI=1S/C18H26N2O4/c1-13(2)18(3,12-16(22)23)20-15(21)10-7-11-19-17(24)14-8-5-4-6-9-14/h4-6,8-9,13H,7,10-12H2,1-3H3,(H,19,24)(H,20,21)(H,22,23). The molecule has 132 valence electrons. The third kappa shape index (κ3) is 6.40. The maximum atomic E-state index is 12.0. The summed E-state index contributed by atoms with van der Waals surface area (Å²) in [6.07, 6.45) is 0.601. The largest absolute Gasteiger partial charge is 0.481 e. The summed E-state index contributed by atoms with van der Waals surface area (Å²) in [4.78, 5) is 34.9. The molecule has 0 fully saturated rings. The van der Waals surface area contributed by atoms with E-state index >= 15 is 0 Å². The summed E-state index contributed by atoms with van der Waals surface area (Å²) in [6, 6.07) is 8.86. The number of hydrogen-bond donors (Lipinski definition) is 3. The number of amides is 2. The molecule has 0 spiro atoms. The van der Waals surface area contributed by atoms with Crippen LogP contribution in [0.25, 0.3) is 0 Å². The van der Waals surface area contributed by atoms with Crippen molar-refractivity contribution in [3.8, 4) is 0 Å². The van der Waals surface area contributed by atoms with Crippen LogP contribution in [0.4, 0.5) is 0 Å². The van der Waals surface area contributed by atoms with Crippen LogP contribution in [-0.4, -0.2) is 35.0 Å². The number of carbonyl (C=O) groups excluding carboxylic acids is 2. The molecule has 6 heteroatoms. The van der Waals surface area contributed by atoms with E-state index in [0.29, 0.717) is 18.5 Å². The zero-order valence-electron chi connectivity index (χ0n) is 14.5. The minimum absolute atomic E-state index is 0.00432. The number of carbonyl (C=O) groups is 3. The van der Waals surface area contributed by atoms with Gasteiger partial charge in [0.2, 0.25) is 5.91 Å². The lowest BCUT2D eigenvalue weighted by atomic mass is 9.85. The summed E-state index contributed by atoms with van der Waals surface area (Å²) < 4.78 is 0. The summed E-state index contributed by atoms with van der Waals surface area (Å²) in [7, 11) is 0. The molecule has 0 aliphatic carbocycles. The Kier molecular flexibility index (Phi) is 7.42. The Bertz CT molecular complexity index is 572. The minimum Gasteiger partial charge on any atom is -0.481 e. The lowest BCUT2D eigenvalue weighted by molar-refractivity contribution is -0.139. The van der Waals surface area contributed by atoms with Crippen LogP contribution in [0.2, 0.25) is 0 Å². The number of hydrogen-bond acceptors (Lipinski definition) is 3. The summed E-state index contributed by atoms with van der Waals surface area (Å²) >= 11 is 0. The third-order valence-electron chi connectivity index (χ3n) is 4.12. The molecule has 0 bridgehead atoms. The fourth-order valence-electron chi connectivity index (χ4n) is 2.23. The second-order valence-corrected chi connectivity index (χ2v) is 6.42. The molecule has 1 unspecified atom stereocenters. The molecule has 0 aliphatic rings. The van der Waals surface area contributed by atoms with Gasteiger partial charge in [0.05, 0.1) is 6.42 Å². The lowest BCUT2D eigenvalue weighted by Crippen LogP contribution is -2.51. The van der Waals surface area contributed by atoms with E-state index in [9.17, 15) is 14.4 Å². The van der Waals surface area contributed by atoms with Crippen molar-refractivity contribution in [1.82, 2.24) is 10.6 Å². The first-order valence-corrected chi connectivity index (χ1v) is 8.10. The SMILES string of the molecule is CC(C)C(C)(CC(=O)O)NC(=O)CCCNC(=O)c1ccccc1. The van der Waals surface area contributed by atoms with Crippen LogP contribution in [0.1, 0.15) is 50.4 Å². The van der Waals surface area contributed by atoms with Crippen molar-refractivity contribution in [1.29, 1.82) is 0 Å². The van der Waals surface area contributed by atoms with Gasteiger partial charge in [0.25, 0.3) is 5.91 Å². The molecule has 24 heavy (non-hydrogen) atoms. The minimum atomic E-state index is -0.943. The fraction of sp³-hybridized carbons (Fsp3) is 0.500. The van der Waals surface area contributed by atoms with E-state index in [1.807, 2.05) is 19.9 Å². The summed E-state index contributed by atoms with van der Waals surface area (Å²) in [5.74, 6) is -1.33. The predicted molar refractivity (Wildman–Crippen MR) is 91.6 cm³/mol. The molecule has 1 atom stereocenters. The average Bonchev–Trinajstić information content (AvgIpc) is 2.51. The van der Waals surface area contributed by atoms with Gasteiger partial charge in [-0.25, -0.2) is 0 Å². The topological polar surface area (TPSA) is 95.5 Å². The first-order chi connectivity index (χ1) is 11.2. The molecule has 0 aliphatic heterocycles. The number of carboxylic acid groups (broad SMARTS) is 1. The third-order valence-corrected chi connectivity index (χ3v) is 4.12. The van der Waals surface area contributed by atoms with Gasteiger partial charge in [-0.3, -0.25) is 14.4 Å². The van der Waals surface area contributed by atoms with Gasteiger partial charge in [-0.15, -0.1) is 0 Å². The highest BCUT2D eigenvalue weighted by atomic mass is 16.4. The van der Waals surface area contributed by atoms with Crippen molar-refractivity contribution in [3.63, 3.8) is 0 Å². The van der Waals surface area contributed by atoms with Gasteiger partial charge in [-0.2, -0.15) is 0 Å². The van der Waals surface area contributed by atoms with Crippen molar-refractivity contribution in [2.45, 2.75) is 45.6 Å². The Labute approximate surface area is 142 Å². The van der Waals surface area contributed by atoms with Crippen molar-refractivity contribution in [2.75, 3.05) is 6.54 Å². The summed E-state index contributed by atoms with van der Waals surface area (Å²) in [5, 5.41) is 14.6. The van der Waals surface area contributed by atoms with Gasteiger partial charge < -0.3 is 15.7 Å². The number of rotatable bonds is 9. The molecule has 0 radical (unpaired) electrons. The molecule has 1 rings (SSSR count). The van der Waals surface area contributed by atoms with Gasteiger partial charge >= 0.3 is 5.97 Å². The highest BCUT2D eigenvalue weighted by Gasteiger charge is 2.32. The van der Waals surface area contributed by atoms with Crippen LogP contribution in [0.3, 0.4) is 0 Å². The van der Waals surface area contributed by atoms with Crippen LogP contribution in [0, 0.1) is 5.92 Å². The summed E-state index contributed by atoms with van der Waals surface area (Å²) in [6.45, 7) is 5.88. The molecule has 0 aromatic heterocycles. The van der Waals surface area contributed by atoms with Gasteiger partial charge in [0.1, 0.15) is 0 Å². The Morgan fingerprint density at radius 2 is 1.79 bits per heavy atom. The molecular formula is C18H26N2O4. The van der Waals surface area contributed by atoms with Crippen molar-refractivity contribution in [3.05, 3.63) is 35.9 Å².